The molecule has 0 atom stereocenters. The van der Waals surface area contributed by atoms with E-state index in [9.17, 15) is 8.42 Å². The van der Waals surface area contributed by atoms with Crippen LogP contribution < -0.4 is 4.72 Å². The van der Waals surface area contributed by atoms with Gasteiger partial charge in [0.15, 0.2) is 0 Å². The van der Waals surface area contributed by atoms with Crippen molar-refractivity contribution in [3.05, 3.63) is 17.0 Å². The van der Waals surface area contributed by atoms with Crippen molar-refractivity contribution in [1.29, 1.82) is 0 Å². The molecule has 1 saturated heterocycles. The Hall–Kier alpha value is -0.430. The molecule has 0 saturated carbocycles. The van der Waals surface area contributed by atoms with Crippen LogP contribution in [0.1, 0.15) is 24.6 Å². The third-order valence-corrected chi connectivity index (χ3v) is 6.53. The molecule has 1 N–H and O–H groups in total. The average molecular weight is 302 g/mol. The lowest BCUT2D eigenvalue weighted by Gasteiger charge is -2.30. The van der Waals surface area contributed by atoms with Gasteiger partial charge in [-0.1, -0.05) is 6.92 Å². The fraction of sp³-hybridized carbons (Fsp3) is 0.692. The Balaban J connectivity index is 1.79. The van der Waals surface area contributed by atoms with Crippen LogP contribution in [0.3, 0.4) is 0 Å². The summed E-state index contributed by atoms with van der Waals surface area (Å²) in [6.45, 7) is 7.66. The molecule has 1 fully saturated rings. The molecule has 19 heavy (non-hydrogen) atoms. The smallest absolute Gasteiger partial charge is 0.250 e. The minimum Gasteiger partial charge on any atom is -0.302 e. The number of nitrogens with one attached hydrogen (secondary N) is 1. The molecule has 6 heteroatoms. The highest BCUT2D eigenvalue weighted by atomic mass is 32.2. The van der Waals surface area contributed by atoms with Gasteiger partial charge in [0, 0.05) is 18.0 Å². The van der Waals surface area contributed by atoms with Gasteiger partial charge in [-0.3, -0.25) is 0 Å². The van der Waals surface area contributed by atoms with Crippen LogP contribution in [0.4, 0.5) is 0 Å². The molecule has 1 aliphatic rings. The Morgan fingerprint density at radius 3 is 2.63 bits per heavy atom. The van der Waals surface area contributed by atoms with E-state index in [1.54, 1.807) is 6.07 Å². The molecular formula is C13H22N2O2S2. The summed E-state index contributed by atoms with van der Waals surface area (Å²) in [6.07, 6.45) is 2.44. The average Bonchev–Trinajstić information content (AvgIpc) is 2.79. The molecule has 0 spiro atoms. The van der Waals surface area contributed by atoms with Crippen LogP contribution >= 0.6 is 11.3 Å². The Labute approximate surface area is 119 Å². The number of nitrogens with zero attached hydrogens (tertiary/aromatic N) is 1. The molecule has 0 amide bonds. The Kier molecular flexibility index (Phi) is 5.00. The second-order valence-electron chi connectivity index (χ2n) is 5.29. The fourth-order valence-corrected chi connectivity index (χ4v) is 4.60. The molecule has 0 radical (unpaired) electrons. The van der Waals surface area contributed by atoms with Gasteiger partial charge < -0.3 is 4.90 Å². The van der Waals surface area contributed by atoms with Gasteiger partial charge in [-0.25, -0.2) is 13.1 Å². The zero-order valence-electron chi connectivity index (χ0n) is 11.6. The molecule has 1 aliphatic heterocycles. The summed E-state index contributed by atoms with van der Waals surface area (Å²) in [6, 6.07) is 3.51. The van der Waals surface area contributed by atoms with Crippen LogP contribution in [0.25, 0.3) is 0 Å². The van der Waals surface area contributed by atoms with Crippen LogP contribution in [-0.4, -0.2) is 39.5 Å². The lowest BCUT2D eigenvalue weighted by Crippen LogP contribution is -2.39. The van der Waals surface area contributed by atoms with Gasteiger partial charge in [0.1, 0.15) is 4.21 Å². The van der Waals surface area contributed by atoms with Crippen molar-refractivity contribution in [2.75, 3.05) is 26.2 Å². The van der Waals surface area contributed by atoms with Crippen molar-refractivity contribution in [2.24, 2.45) is 5.92 Å². The number of rotatable bonds is 5. The highest BCUT2D eigenvalue weighted by Gasteiger charge is 2.18. The van der Waals surface area contributed by atoms with E-state index in [0.717, 1.165) is 30.4 Å². The second kappa shape index (κ2) is 6.35. The van der Waals surface area contributed by atoms with Gasteiger partial charge in [-0.15, -0.1) is 11.3 Å². The number of thiophene rings is 1. The SMILES string of the molecule is Cc1ccc(S(=O)(=O)NCCN2CCC(C)CC2)s1. The van der Waals surface area contributed by atoms with Gasteiger partial charge in [-0.05, 0) is 50.9 Å². The van der Waals surface area contributed by atoms with E-state index in [-0.39, 0.29) is 0 Å². The van der Waals surface area contributed by atoms with Crippen molar-refractivity contribution in [2.45, 2.75) is 30.9 Å². The van der Waals surface area contributed by atoms with Gasteiger partial charge >= 0.3 is 0 Å². The number of hydrogen-bond acceptors (Lipinski definition) is 4. The fourth-order valence-electron chi connectivity index (χ4n) is 2.25. The van der Waals surface area contributed by atoms with E-state index >= 15 is 0 Å². The standard InChI is InChI=1S/C13H22N2O2S2/c1-11-5-8-15(9-6-11)10-7-14-19(16,17)13-4-3-12(2)18-13/h3-4,11,14H,5-10H2,1-2H3. The molecule has 4 nitrogen and oxygen atoms in total. The van der Waals surface area contributed by atoms with Crippen LogP contribution in [0, 0.1) is 12.8 Å². The summed E-state index contributed by atoms with van der Waals surface area (Å²) in [4.78, 5) is 3.35. The number of aryl methyl sites for hydroxylation is 1. The predicted octanol–water partition coefficient (Wildman–Crippen LogP) is 2.07. The van der Waals surface area contributed by atoms with Crippen LogP contribution in [0.2, 0.25) is 0 Å². The minimum atomic E-state index is -3.31. The van der Waals surface area contributed by atoms with Crippen LogP contribution in [0.5, 0.6) is 0 Å². The van der Waals surface area contributed by atoms with Gasteiger partial charge in [0.2, 0.25) is 10.0 Å². The number of likely N-dealkylation sites (tertiary alicyclic amines) is 1. The molecule has 108 valence electrons. The van der Waals surface area contributed by atoms with E-state index in [4.69, 9.17) is 0 Å². The van der Waals surface area contributed by atoms with Crippen molar-refractivity contribution in [1.82, 2.24) is 9.62 Å². The van der Waals surface area contributed by atoms with Crippen molar-refractivity contribution in [3.63, 3.8) is 0 Å². The molecule has 0 bridgehead atoms. The summed E-state index contributed by atoms with van der Waals surface area (Å²) in [5, 5.41) is 0. The summed E-state index contributed by atoms with van der Waals surface area (Å²) >= 11 is 1.32. The van der Waals surface area contributed by atoms with Crippen molar-refractivity contribution in [3.8, 4) is 0 Å². The van der Waals surface area contributed by atoms with E-state index in [0.29, 0.717) is 10.8 Å². The molecule has 1 aromatic heterocycles. The van der Waals surface area contributed by atoms with E-state index in [2.05, 4.69) is 16.5 Å². The third kappa shape index (κ3) is 4.27. The summed E-state index contributed by atoms with van der Waals surface area (Å²) in [5.74, 6) is 0.807. The van der Waals surface area contributed by atoms with Crippen molar-refractivity contribution < 1.29 is 8.42 Å². The largest absolute Gasteiger partial charge is 0.302 e. The summed E-state index contributed by atoms with van der Waals surface area (Å²) < 4.78 is 27.1. The van der Waals surface area contributed by atoms with Gasteiger partial charge in [0.25, 0.3) is 0 Å². The Bertz CT molecular complexity index is 502. The first-order valence-electron chi connectivity index (χ1n) is 6.76. The van der Waals surface area contributed by atoms with E-state index < -0.39 is 10.0 Å². The number of hydrogen-bond donors (Lipinski definition) is 1. The maximum Gasteiger partial charge on any atom is 0.250 e. The monoisotopic (exact) mass is 302 g/mol. The second-order valence-corrected chi connectivity index (χ2v) is 8.57. The molecule has 1 aromatic rings. The lowest BCUT2D eigenvalue weighted by atomic mass is 9.99. The molecule has 0 aromatic carbocycles. The van der Waals surface area contributed by atoms with E-state index in [1.807, 2.05) is 13.0 Å². The highest BCUT2D eigenvalue weighted by Crippen LogP contribution is 2.20. The van der Waals surface area contributed by atoms with Crippen LogP contribution in [0.15, 0.2) is 16.3 Å². The lowest BCUT2D eigenvalue weighted by molar-refractivity contribution is 0.195. The third-order valence-electron chi connectivity index (χ3n) is 3.58. The van der Waals surface area contributed by atoms with Gasteiger partial charge in [0.05, 0.1) is 0 Å². The molecule has 0 unspecified atom stereocenters. The maximum atomic E-state index is 12.0. The van der Waals surface area contributed by atoms with Crippen LogP contribution in [-0.2, 0) is 10.0 Å². The quantitative estimate of drug-likeness (QED) is 0.906. The number of sulfonamides is 1. The zero-order valence-corrected chi connectivity index (χ0v) is 13.2. The van der Waals surface area contributed by atoms with Crippen molar-refractivity contribution >= 4 is 21.4 Å². The molecule has 2 rings (SSSR count). The molecule has 0 aliphatic carbocycles. The van der Waals surface area contributed by atoms with Gasteiger partial charge in [-0.2, -0.15) is 0 Å². The first-order chi connectivity index (χ1) is 8.97. The molecular weight excluding hydrogens is 280 g/mol. The number of piperidine rings is 1. The maximum absolute atomic E-state index is 12.0. The Morgan fingerprint density at radius 1 is 1.37 bits per heavy atom. The summed E-state index contributed by atoms with van der Waals surface area (Å²) in [7, 11) is -3.31. The first-order valence-corrected chi connectivity index (χ1v) is 9.06. The molecule has 2 heterocycles. The first kappa shape index (κ1) is 15.0. The van der Waals surface area contributed by atoms with E-state index in [1.165, 1.54) is 24.2 Å². The topological polar surface area (TPSA) is 49.4 Å². The zero-order chi connectivity index (χ0) is 13.9. The Morgan fingerprint density at radius 2 is 2.05 bits per heavy atom. The normalized spacial score (nSPS) is 18.8. The predicted molar refractivity (Wildman–Crippen MR) is 79.1 cm³/mol. The highest BCUT2D eigenvalue weighted by molar-refractivity contribution is 7.91. The summed E-state index contributed by atoms with van der Waals surface area (Å²) in [5.41, 5.74) is 0. The minimum absolute atomic E-state index is 0.414.